The lowest BCUT2D eigenvalue weighted by Gasteiger charge is -2.15. The molecule has 0 bridgehead atoms. The molecule has 156 valence electrons. The van der Waals surface area contributed by atoms with E-state index in [-0.39, 0.29) is 30.3 Å². The van der Waals surface area contributed by atoms with Gasteiger partial charge in [0.25, 0.3) is 0 Å². The summed E-state index contributed by atoms with van der Waals surface area (Å²) in [7, 11) is 1.59. The van der Waals surface area contributed by atoms with Gasteiger partial charge in [0.05, 0.1) is 12.6 Å². The average molecular weight is 413 g/mol. The van der Waals surface area contributed by atoms with Crippen LogP contribution in [0.3, 0.4) is 0 Å². The number of benzene rings is 1. The Hall–Kier alpha value is -2.32. The third-order valence-electron chi connectivity index (χ3n) is 3.92. The van der Waals surface area contributed by atoms with Crippen molar-refractivity contribution >= 4 is 29.3 Å². The molecule has 8 nitrogen and oxygen atoms in total. The quantitative estimate of drug-likeness (QED) is 0.376. The summed E-state index contributed by atoms with van der Waals surface area (Å²) in [5, 5.41) is 11.4. The monoisotopic (exact) mass is 412 g/mol. The Balaban J connectivity index is 2.41. The van der Waals surface area contributed by atoms with E-state index in [4.69, 9.17) is 16.3 Å². The van der Waals surface area contributed by atoms with Crippen LogP contribution in [0.25, 0.3) is 0 Å². The molecule has 1 aromatic rings. The van der Waals surface area contributed by atoms with Crippen molar-refractivity contribution < 1.29 is 19.1 Å². The van der Waals surface area contributed by atoms with E-state index in [1.54, 1.807) is 26.1 Å². The van der Waals surface area contributed by atoms with Crippen molar-refractivity contribution in [2.75, 3.05) is 33.3 Å². The summed E-state index contributed by atoms with van der Waals surface area (Å²) in [5.41, 5.74) is 0.986. The lowest BCUT2D eigenvalue weighted by atomic mass is 10.1. The summed E-state index contributed by atoms with van der Waals surface area (Å²) in [6.07, 6.45) is 1.42. The molecule has 28 heavy (non-hydrogen) atoms. The minimum atomic E-state index is -0.298. The van der Waals surface area contributed by atoms with Crippen LogP contribution in [-0.4, -0.2) is 57.1 Å². The molecule has 0 aliphatic carbocycles. The van der Waals surface area contributed by atoms with E-state index in [1.165, 1.54) is 6.92 Å². The van der Waals surface area contributed by atoms with Crippen molar-refractivity contribution in [3.63, 3.8) is 0 Å². The third kappa shape index (κ3) is 9.57. The van der Waals surface area contributed by atoms with Crippen LogP contribution in [-0.2, 0) is 20.8 Å². The molecular weight excluding hydrogens is 384 g/mol. The Labute approximate surface area is 170 Å². The Morgan fingerprint density at radius 1 is 1.18 bits per heavy atom. The highest BCUT2D eigenvalue weighted by atomic mass is 35.5. The number of hydrogen-bond acceptors (Lipinski definition) is 5. The highest BCUT2D eigenvalue weighted by Gasteiger charge is 2.10. The summed E-state index contributed by atoms with van der Waals surface area (Å²) in [6.45, 7) is 4.52. The number of hydrogen-bond donors (Lipinski definition) is 4. The molecule has 0 saturated carbocycles. The molecule has 0 aliphatic rings. The summed E-state index contributed by atoms with van der Waals surface area (Å²) in [6, 6.07) is 5.16. The molecule has 1 aromatic carbocycles. The molecular formula is C19H29ClN4O4. The molecule has 0 heterocycles. The zero-order chi connectivity index (χ0) is 20.9. The van der Waals surface area contributed by atoms with E-state index >= 15 is 0 Å². The molecule has 3 amide bonds. The van der Waals surface area contributed by atoms with Gasteiger partial charge in [0, 0.05) is 32.1 Å². The number of carbonyl (C=O) groups excluding carboxylic acids is 3. The fourth-order valence-corrected chi connectivity index (χ4v) is 2.55. The lowest BCUT2D eigenvalue weighted by molar-refractivity contribution is -0.125. The van der Waals surface area contributed by atoms with E-state index in [1.807, 2.05) is 6.07 Å². The largest absolute Gasteiger partial charge is 0.492 e. The molecule has 1 rings (SSSR count). The standard InChI is InChI=1S/C19H29ClN4O4/c1-13(19(27)21-3)22-9-10-28-17-11-16(20)7-6-15(17)5-4-8-23-18(26)12-24-14(2)25/h6-7,11,13,22H,4-5,8-10,12H2,1-3H3,(H,21,27)(H,23,26)(H,24,25). The number of aryl methyl sites for hydroxylation is 1. The number of carbonyl (C=O) groups is 3. The van der Waals surface area contributed by atoms with Crippen LogP contribution < -0.4 is 26.0 Å². The predicted octanol–water partition coefficient (Wildman–Crippen LogP) is 0.628. The van der Waals surface area contributed by atoms with Crippen molar-refractivity contribution in [3.8, 4) is 5.75 Å². The molecule has 0 aliphatic heterocycles. The van der Waals surface area contributed by atoms with Crippen molar-refractivity contribution in [1.29, 1.82) is 0 Å². The smallest absolute Gasteiger partial charge is 0.239 e. The van der Waals surface area contributed by atoms with Crippen molar-refractivity contribution in [2.24, 2.45) is 0 Å². The van der Waals surface area contributed by atoms with E-state index < -0.39 is 0 Å². The predicted molar refractivity (Wildman–Crippen MR) is 108 cm³/mol. The average Bonchev–Trinajstić information content (AvgIpc) is 2.67. The second-order valence-electron chi connectivity index (χ2n) is 6.25. The van der Waals surface area contributed by atoms with Crippen molar-refractivity contribution in [2.45, 2.75) is 32.7 Å². The minimum Gasteiger partial charge on any atom is -0.492 e. The summed E-state index contributed by atoms with van der Waals surface area (Å²) < 4.78 is 5.81. The van der Waals surface area contributed by atoms with Gasteiger partial charge in [-0.1, -0.05) is 17.7 Å². The van der Waals surface area contributed by atoms with Crippen LogP contribution >= 0.6 is 11.6 Å². The number of nitrogens with one attached hydrogen (secondary N) is 4. The molecule has 0 aromatic heterocycles. The topological polar surface area (TPSA) is 109 Å². The second kappa shape index (κ2) is 13.0. The molecule has 9 heteroatoms. The van der Waals surface area contributed by atoms with E-state index in [0.29, 0.717) is 36.9 Å². The van der Waals surface area contributed by atoms with Crippen LogP contribution in [0.1, 0.15) is 25.8 Å². The van der Waals surface area contributed by atoms with Gasteiger partial charge in [-0.25, -0.2) is 0 Å². The number of halogens is 1. The van der Waals surface area contributed by atoms with Crippen LogP contribution in [0.15, 0.2) is 18.2 Å². The SMILES string of the molecule is CNC(=O)C(C)NCCOc1cc(Cl)ccc1CCCNC(=O)CNC(C)=O. The highest BCUT2D eigenvalue weighted by Crippen LogP contribution is 2.24. The van der Waals surface area contributed by atoms with E-state index in [0.717, 1.165) is 12.0 Å². The van der Waals surface area contributed by atoms with Crippen LogP contribution in [0, 0.1) is 0 Å². The molecule has 4 N–H and O–H groups in total. The summed E-state index contributed by atoms with van der Waals surface area (Å²) >= 11 is 6.06. The van der Waals surface area contributed by atoms with Crippen molar-refractivity contribution in [3.05, 3.63) is 28.8 Å². The molecule has 1 atom stereocenters. The summed E-state index contributed by atoms with van der Waals surface area (Å²) in [5.74, 6) is 0.145. The van der Waals surface area contributed by atoms with Gasteiger partial charge < -0.3 is 26.0 Å². The zero-order valence-corrected chi connectivity index (χ0v) is 17.3. The van der Waals surface area contributed by atoms with Gasteiger partial charge in [-0.05, 0) is 37.5 Å². The van der Waals surface area contributed by atoms with Gasteiger partial charge in [0.2, 0.25) is 17.7 Å². The van der Waals surface area contributed by atoms with Gasteiger partial charge in [-0.3, -0.25) is 14.4 Å². The van der Waals surface area contributed by atoms with Gasteiger partial charge in [-0.15, -0.1) is 0 Å². The van der Waals surface area contributed by atoms with Crippen molar-refractivity contribution in [1.82, 2.24) is 21.3 Å². The number of likely N-dealkylation sites (N-methyl/N-ethyl adjacent to an activating group) is 1. The first kappa shape index (κ1) is 23.7. The Morgan fingerprint density at radius 2 is 1.93 bits per heavy atom. The second-order valence-corrected chi connectivity index (χ2v) is 6.69. The third-order valence-corrected chi connectivity index (χ3v) is 4.16. The Kier molecular flexibility index (Phi) is 11.0. The van der Waals surface area contributed by atoms with Crippen LogP contribution in [0.5, 0.6) is 5.75 Å². The number of amides is 3. The zero-order valence-electron chi connectivity index (χ0n) is 16.6. The molecule has 0 saturated heterocycles. The fourth-order valence-electron chi connectivity index (χ4n) is 2.39. The van der Waals surface area contributed by atoms with Crippen LogP contribution in [0.2, 0.25) is 5.02 Å². The first-order chi connectivity index (χ1) is 13.3. The van der Waals surface area contributed by atoms with Gasteiger partial charge in [0.15, 0.2) is 0 Å². The Morgan fingerprint density at radius 3 is 2.61 bits per heavy atom. The minimum absolute atomic E-state index is 0.0217. The molecule has 0 radical (unpaired) electrons. The molecule has 0 spiro atoms. The molecule has 1 unspecified atom stereocenters. The van der Waals surface area contributed by atoms with Crippen LogP contribution in [0.4, 0.5) is 0 Å². The first-order valence-corrected chi connectivity index (χ1v) is 9.58. The highest BCUT2D eigenvalue weighted by molar-refractivity contribution is 6.30. The van der Waals surface area contributed by atoms with Gasteiger partial charge in [0.1, 0.15) is 12.4 Å². The Bertz CT molecular complexity index is 669. The maximum Gasteiger partial charge on any atom is 0.239 e. The maximum atomic E-state index is 11.6. The number of ether oxygens (including phenoxy) is 1. The van der Waals surface area contributed by atoms with E-state index in [2.05, 4.69) is 21.3 Å². The molecule has 0 fully saturated rings. The normalized spacial score (nSPS) is 11.4. The van der Waals surface area contributed by atoms with Gasteiger partial charge >= 0.3 is 0 Å². The summed E-state index contributed by atoms with van der Waals surface area (Å²) in [4.78, 5) is 33.8. The van der Waals surface area contributed by atoms with Gasteiger partial charge in [-0.2, -0.15) is 0 Å². The fraction of sp³-hybridized carbons (Fsp3) is 0.526. The number of rotatable bonds is 12. The first-order valence-electron chi connectivity index (χ1n) is 9.20. The maximum absolute atomic E-state index is 11.6. The lowest BCUT2D eigenvalue weighted by Crippen LogP contribution is -2.42. The van der Waals surface area contributed by atoms with E-state index in [9.17, 15) is 14.4 Å².